The molecule has 1 aliphatic rings. The van der Waals surface area contributed by atoms with Crippen molar-refractivity contribution in [2.75, 3.05) is 0 Å². The highest BCUT2D eigenvalue weighted by Crippen LogP contribution is 2.56. The summed E-state index contributed by atoms with van der Waals surface area (Å²) in [4.78, 5) is 0. The molecular weight excluding hydrogens is 747 g/mol. The molecule has 0 aliphatic carbocycles. The van der Waals surface area contributed by atoms with Crippen LogP contribution in [-0.4, -0.2) is 4.40 Å². The molecule has 6 heterocycles. The second-order valence-corrected chi connectivity index (χ2v) is 19.8. The third-order valence-electron chi connectivity index (χ3n) is 14.4. The molecule has 1 aliphatic heterocycles. The van der Waals surface area contributed by atoms with Crippen LogP contribution in [0.1, 0.15) is 70.6 Å². The minimum absolute atomic E-state index is 0.167. The summed E-state index contributed by atoms with van der Waals surface area (Å²) >= 11 is 1.93. The summed E-state index contributed by atoms with van der Waals surface area (Å²) < 4.78 is 10.2. The number of rotatable bonds is 8. The summed E-state index contributed by atoms with van der Waals surface area (Å²) in [5, 5.41) is 8.14. The fourth-order valence-electron chi connectivity index (χ4n) is 11.8. The van der Waals surface area contributed by atoms with Gasteiger partial charge in [-0.1, -0.05) is 95.8 Å². The van der Waals surface area contributed by atoms with E-state index in [1.807, 2.05) is 11.3 Å². The number of allylic oxidation sites excluding steroid dienone is 1. The summed E-state index contributed by atoms with van der Waals surface area (Å²) in [6, 6.07) is 46.3. The second kappa shape index (κ2) is 13.3. The van der Waals surface area contributed by atoms with Gasteiger partial charge in [-0.15, -0.1) is 11.3 Å². The first-order valence-corrected chi connectivity index (χ1v) is 22.7. The molecule has 3 nitrogen and oxygen atoms in total. The number of thiophene rings is 1. The molecule has 0 fully saturated rings. The van der Waals surface area contributed by atoms with Crippen LogP contribution in [-0.2, 0) is 30.8 Å². The van der Waals surface area contributed by atoms with Crippen LogP contribution in [0, 0.1) is 5.41 Å². The van der Waals surface area contributed by atoms with Gasteiger partial charge in [-0.25, -0.2) is 4.57 Å². The molecule has 0 saturated carbocycles. The number of aryl methyl sites for hydroxylation is 2. The normalized spacial score (nSPS) is 18.0. The molecule has 0 bridgehead atoms. The Morgan fingerprint density at radius 3 is 2.23 bits per heavy atom. The van der Waals surface area contributed by atoms with Gasteiger partial charge in [-0.2, -0.15) is 4.57 Å². The topological polar surface area (TPSA) is 12.2 Å². The van der Waals surface area contributed by atoms with Crippen LogP contribution in [0.15, 0.2) is 146 Å². The molecule has 2 atom stereocenters. The van der Waals surface area contributed by atoms with Gasteiger partial charge in [0.2, 0.25) is 11.4 Å². The van der Waals surface area contributed by atoms with Crippen LogP contribution in [0.4, 0.5) is 0 Å². The van der Waals surface area contributed by atoms with Gasteiger partial charge >= 0.3 is 0 Å². The van der Waals surface area contributed by atoms with E-state index < -0.39 is 0 Å². The molecule has 10 aromatic rings. The monoisotopic (exact) mass is 799 g/mol. The van der Waals surface area contributed by atoms with Crippen LogP contribution in [0.25, 0.3) is 80.8 Å². The van der Waals surface area contributed by atoms with E-state index in [9.17, 15) is 0 Å². The van der Waals surface area contributed by atoms with Gasteiger partial charge in [0, 0.05) is 78.0 Å². The highest BCUT2D eigenvalue weighted by Gasteiger charge is 2.60. The number of pyridine rings is 2. The zero-order valence-electron chi connectivity index (χ0n) is 35.8. The Morgan fingerprint density at radius 1 is 0.683 bits per heavy atom. The molecule has 296 valence electrons. The number of nitrogens with zero attached hydrogens (tertiary/aromatic N) is 3. The highest BCUT2D eigenvalue weighted by molar-refractivity contribution is 7.26. The maximum absolute atomic E-state index is 4.75. The molecular formula is C56H53N3S+2. The summed E-state index contributed by atoms with van der Waals surface area (Å²) in [6.07, 6.45) is 11.8. The van der Waals surface area contributed by atoms with Gasteiger partial charge in [0.05, 0.1) is 27.5 Å². The van der Waals surface area contributed by atoms with Gasteiger partial charge in [0.25, 0.3) is 0 Å². The Labute approximate surface area is 357 Å². The van der Waals surface area contributed by atoms with Gasteiger partial charge in [0.15, 0.2) is 17.9 Å². The lowest BCUT2D eigenvalue weighted by Gasteiger charge is -2.49. The van der Waals surface area contributed by atoms with Crippen molar-refractivity contribution in [1.82, 2.24) is 4.40 Å². The number of fused-ring (bicyclic) bond motifs is 13. The molecule has 4 heteroatoms. The van der Waals surface area contributed by atoms with E-state index in [1.165, 1.54) is 97.5 Å². The standard InChI is InChI=1S/C56H53N3S/c1-8-55(28-26-37-19-11-12-20-38(37)45-23-17-18-29-57(45)7)44-34-48-41(32-43(44)47-31-36(35-54(4,5)6)27-30-58(47)56(55,9-2)10-3)42-33-50-51(40-22-14-16-25-49(40)60-50)52-39-21-13-15-24-46(39)59(48)53(42)52/h9,11-25,27,29-34H,2,8,10,26,28,35H2,1,3-7H3/q+2. The lowest BCUT2D eigenvalue weighted by molar-refractivity contribution is -0.757. The van der Waals surface area contributed by atoms with Crippen LogP contribution < -0.4 is 9.13 Å². The summed E-state index contributed by atoms with van der Waals surface area (Å²) in [5.41, 5.74) is 12.9. The van der Waals surface area contributed by atoms with Gasteiger partial charge in [-0.3, -0.25) is 0 Å². The van der Waals surface area contributed by atoms with Crippen molar-refractivity contribution >= 4 is 69.6 Å². The maximum Gasteiger partial charge on any atom is 0.213 e. The van der Waals surface area contributed by atoms with Crippen molar-refractivity contribution in [3.05, 3.63) is 163 Å². The molecule has 60 heavy (non-hydrogen) atoms. The number of aromatic nitrogens is 3. The Kier molecular flexibility index (Phi) is 8.26. The smallest absolute Gasteiger partial charge is 0.213 e. The minimum Gasteiger partial charge on any atom is -0.308 e. The van der Waals surface area contributed by atoms with Crippen LogP contribution >= 0.6 is 11.3 Å². The Morgan fingerprint density at radius 2 is 1.45 bits per heavy atom. The first-order valence-electron chi connectivity index (χ1n) is 21.9. The number of hydrogen-bond acceptors (Lipinski definition) is 1. The van der Waals surface area contributed by atoms with E-state index in [-0.39, 0.29) is 16.4 Å². The average molecular weight is 800 g/mol. The average Bonchev–Trinajstić information content (AvgIpc) is 3.91. The van der Waals surface area contributed by atoms with Crippen molar-refractivity contribution in [3.8, 4) is 22.5 Å². The molecule has 11 rings (SSSR count). The summed E-state index contributed by atoms with van der Waals surface area (Å²) in [5.74, 6) is 0. The minimum atomic E-state index is -0.355. The quantitative estimate of drug-likeness (QED) is 0.107. The molecule has 5 aromatic heterocycles. The van der Waals surface area contributed by atoms with Crippen molar-refractivity contribution in [1.29, 1.82) is 0 Å². The van der Waals surface area contributed by atoms with Crippen molar-refractivity contribution < 1.29 is 9.13 Å². The zero-order valence-corrected chi connectivity index (χ0v) is 36.6. The van der Waals surface area contributed by atoms with E-state index in [0.717, 1.165) is 32.1 Å². The molecule has 0 saturated heterocycles. The number of para-hydroxylation sites is 1. The van der Waals surface area contributed by atoms with Crippen molar-refractivity contribution in [2.24, 2.45) is 12.5 Å². The fraction of sp³-hybridized carbons (Fsp3) is 0.250. The number of benzene rings is 5. The summed E-state index contributed by atoms with van der Waals surface area (Å²) in [7, 11) is 2.16. The molecule has 5 aromatic carbocycles. The lowest BCUT2D eigenvalue weighted by Crippen LogP contribution is -2.69. The molecule has 0 amide bonds. The van der Waals surface area contributed by atoms with Crippen LogP contribution in [0.3, 0.4) is 0 Å². The van der Waals surface area contributed by atoms with Crippen LogP contribution in [0.5, 0.6) is 0 Å². The van der Waals surface area contributed by atoms with E-state index in [4.69, 9.17) is 6.58 Å². The summed E-state index contributed by atoms with van der Waals surface area (Å²) in [6.45, 7) is 16.6. The largest absolute Gasteiger partial charge is 0.308 e. The first kappa shape index (κ1) is 37.2. The van der Waals surface area contributed by atoms with Crippen molar-refractivity contribution in [3.63, 3.8) is 0 Å². The molecule has 2 unspecified atom stereocenters. The maximum atomic E-state index is 4.75. The van der Waals surface area contributed by atoms with E-state index in [0.29, 0.717) is 0 Å². The van der Waals surface area contributed by atoms with Crippen LogP contribution in [0.2, 0.25) is 0 Å². The Hall–Kier alpha value is -5.84. The second-order valence-electron chi connectivity index (χ2n) is 18.7. The fourth-order valence-corrected chi connectivity index (χ4v) is 13.0. The molecule has 0 N–H and O–H groups in total. The molecule has 0 radical (unpaired) electrons. The van der Waals surface area contributed by atoms with E-state index in [2.05, 4.69) is 195 Å². The van der Waals surface area contributed by atoms with Gasteiger partial charge in [-0.05, 0) is 96.3 Å². The van der Waals surface area contributed by atoms with Crippen molar-refractivity contribution in [2.45, 2.75) is 77.7 Å². The number of hydrogen-bond donors (Lipinski definition) is 0. The molecule has 0 spiro atoms. The highest BCUT2D eigenvalue weighted by atomic mass is 32.1. The predicted molar refractivity (Wildman–Crippen MR) is 255 cm³/mol. The van der Waals surface area contributed by atoms with E-state index >= 15 is 0 Å². The van der Waals surface area contributed by atoms with Gasteiger partial charge in [0.1, 0.15) is 7.05 Å². The third-order valence-corrected chi connectivity index (χ3v) is 15.5. The lowest BCUT2D eigenvalue weighted by atomic mass is 9.56. The Bertz CT molecular complexity index is 3360. The Balaban J connectivity index is 1.24. The zero-order chi connectivity index (χ0) is 41.1. The predicted octanol–water partition coefficient (Wildman–Crippen LogP) is 13.8. The van der Waals surface area contributed by atoms with Gasteiger partial charge < -0.3 is 4.40 Å². The third kappa shape index (κ3) is 5.07. The first-order chi connectivity index (χ1) is 29.1. The van der Waals surface area contributed by atoms with E-state index in [1.54, 1.807) is 0 Å². The SMILES string of the molecule is C=CC1(CC)[n+]2ccc(CC(C)(C)C)cc2-c2cc3c4cc5sc6ccccc6c5c5c6ccccc6n(c3cc2C1(CC)CCc1ccccc1-c1cccc[n+]1C)c45.